The van der Waals surface area contributed by atoms with Gasteiger partial charge in [-0.15, -0.1) is 0 Å². The number of carbonyl (C=O) groups is 1. The smallest absolute Gasteiger partial charge is 0.318 e. The molecule has 0 N–H and O–H groups in total. The molecule has 0 aromatic heterocycles. The van der Waals surface area contributed by atoms with Crippen molar-refractivity contribution in [2.75, 3.05) is 26.2 Å². The van der Waals surface area contributed by atoms with Gasteiger partial charge >= 0.3 is 5.97 Å². The number of rotatable bonds is 6. The van der Waals surface area contributed by atoms with Crippen molar-refractivity contribution in [2.45, 2.75) is 26.2 Å². The van der Waals surface area contributed by atoms with E-state index in [0.717, 1.165) is 48.7 Å². The van der Waals surface area contributed by atoms with Crippen LogP contribution in [-0.2, 0) is 9.53 Å². The molecule has 4 nitrogen and oxygen atoms in total. The molecule has 0 radical (unpaired) electrons. The summed E-state index contributed by atoms with van der Waals surface area (Å²) in [6.45, 7) is 8.28. The number of fused-ring (bicyclic) bond motifs is 3. The minimum atomic E-state index is -0.412. The zero-order valence-electron chi connectivity index (χ0n) is 17.7. The highest BCUT2D eigenvalue weighted by Gasteiger charge is 2.55. The Morgan fingerprint density at radius 2 is 1.63 bits per heavy atom. The van der Waals surface area contributed by atoms with Crippen LogP contribution in [0.25, 0.3) is 0 Å². The molecule has 156 valence electrons. The second-order valence-corrected chi connectivity index (χ2v) is 9.06. The van der Waals surface area contributed by atoms with Gasteiger partial charge < -0.3 is 14.4 Å². The number of nitrogens with zero attached hydrogens (tertiary/aromatic N) is 1. The van der Waals surface area contributed by atoms with Gasteiger partial charge in [-0.2, -0.15) is 0 Å². The van der Waals surface area contributed by atoms with E-state index in [4.69, 9.17) is 9.47 Å². The molecule has 5 rings (SSSR count). The Bertz CT molecular complexity index is 920. The highest BCUT2D eigenvalue weighted by Crippen LogP contribution is 2.52. The summed E-state index contributed by atoms with van der Waals surface area (Å²) in [6.07, 6.45) is 3.44. The number of piperidine rings is 1. The van der Waals surface area contributed by atoms with Crippen molar-refractivity contribution in [3.63, 3.8) is 0 Å². The first-order chi connectivity index (χ1) is 14.6. The summed E-state index contributed by atoms with van der Waals surface area (Å²) in [5.41, 5.74) is 3.17. The maximum Gasteiger partial charge on any atom is 0.318 e. The van der Waals surface area contributed by atoms with Gasteiger partial charge in [0.05, 0.1) is 6.61 Å². The molecular weight excluding hydrogens is 374 g/mol. The minimum absolute atomic E-state index is 0.163. The highest BCUT2D eigenvalue weighted by atomic mass is 16.5. The second-order valence-electron chi connectivity index (χ2n) is 9.06. The van der Waals surface area contributed by atoms with Crippen molar-refractivity contribution in [3.8, 4) is 11.5 Å². The van der Waals surface area contributed by atoms with Gasteiger partial charge in [-0.25, -0.2) is 0 Å². The molecular formula is C26H29NO3. The van der Waals surface area contributed by atoms with Crippen LogP contribution in [0, 0.1) is 17.8 Å². The number of likely N-dealkylation sites (tertiary alicyclic amines) is 1. The Kier molecular flexibility index (Phi) is 5.11. The number of hydrogen-bond acceptors (Lipinski definition) is 4. The van der Waals surface area contributed by atoms with Crippen molar-refractivity contribution < 1.29 is 14.3 Å². The molecule has 0 unspecified atom stereocenters. The maximum atomic E-state index is 13.2. The molecule has 4 heteroatoms. The highest BCUT2D eigenvalue weighted by molar-refractivity contribution is 5.85. The second kappa shape index (κ2) is 7.92. The van der Waals surface area contributed by atoms with Gasteiger partial charge in [0.25, 0.3) is 0 Å². The molecule has 0 spiro atoms. The van der Waals surface area contributed by atoms with Gasteiger partial charge in [0.2, 0.25) is 0 Å². The molecule has 3 aliphatic rings. The van der Waals surface area contributed by atoms with Crippen LogP contribution in [0.5, 0.6) is 11.5 Å². The lowest BCUT2D eigenvalue weighted by atomic mass is 9.88. The van der Waals surface area contributed by atoms with Crippen LogP contribution in [0.15, 0.2) is 60.2 Å². The van der Waals surface area contributed by atoms with Crippen molar-refractivity contribution in [3.05, 3.63) is 71.3 Å². The van der Waals surface area contributed by atoms with Crippen LogP contribution in [-0.4, -0.2) is 37.1 Å². The van der Waals surface area contributed by atoms with E-state index in [9.17, 15) is 4.79 Å². The molecule has 2 fully saturated rings. The van der Waals surface area contributed by atoms with Crippen LogP contribution in [0.4, 0.5) is 0 Å². The molecule has 3 atom stereocenters. The zero-order valence-corrected chi connectivity index (χ0v) is 17.7. The Labute approximate surface area is 178 Å². The van der Waals surface area contributed by atoms with Crippen molar-refractivity contribution in [1.82, 2.24) is 4.90 Å². The molecule has 1 saturated heterocycles. The van der Waals surface area contributed by atoms with E-state index in [0.29, 0.717) is 24.4 Å². The van der Waals surface area contributed by atoms with Crippen LogP contribution in [0.3, 0.4) is 0 Å². The summed E-state index contributed by atoms with van der Waals surface area (Å²) in [4.78, 5) is 15.7. The molecule has 1 saturated carbocycles. The predicted molar refractivity (Wildman–Crippen MR) is 117 cm³/mol. The third-order valence-corrected chi connectivity index (χ3v) is 6.78. The number of ether oxygens (including phenoxy) is 2. The fraction of sp³-hybridized carbons (Fsp3) is 0.423. The van der Waals surface area contributed by atoms with Crippen LogP contribution in [0.2, 0.25) is 0 Å². The van der Waals surface area contributed by atoms with Crippen LogP contribution in [0.1, 0.15) is 37.3 Å². The van der Waals surface area contributed by atoms with Crippen LogP contribution >= 0.6 is 0 Å². The Balaban J connectivity index is 1.20. The van der Waals surface area contributed by atoms with Gasteiger partial charge in [0, 0.05) is 36.7 Å². The van der Waals surface area contributed by atoms with E-state index in [2.05, 4.69) is 24.8 Å². The molecule has 1 aliphatic carbocycles. The summed E-state index contributed by atoms with van der Waals surface area (Å²) in [5.74, 6) is 2.83. The van der Waals surface area contributed by atoms with E-state index in [1.807, 2.05) is 48.5 Å². The minimum Gasteiger partial charge on any atom is -0.465 e. The lowest BCUT2D eigenvalue weighted by Crippen LogP contribution is -2.27. The molecule has 30 heavy (non-hydrogen) atoms. The fourth-order valence-corrected chi connectivity index (χ4v) is 5.13. The molecule has 2 heterocycles. The van der Waals surface area contributed by atoms with Gasteiger partial charge in [-0.3, -0.25) is 4.79 Å². The topological polar surface area (TPSA) is 38.8 Å². The Morgan fingerprint density at radius 1 is 1.03 bits per heavy atom. The summed E-state index contributed by atoms with van der Waals surface area (Å²) in [7, 11) is 0. The summed E-state index contributed by atoms with van der Waals surface area (Å²) in [6, 6.07) is 15.5. The molecule has 2 aromatic carbocycles. The fourth-order valence-electron chi connectivity index (χ4n) is 5.13. The quantitative estimate of drug-likeness (QED) is 0.502. The van der Waals surface area contributed by atoms with E-state index in [1.165, 1.54) is 5.57 Å². The summed E-state index contributed by atoms with van der Waals surface area (Å²) < 4.78 is 11.9. The van der Waals surface area contributed by atoms with E-state index < -0.39 is 5.92 Å². The average Bonchev–Trinajstić information content (AvgIpc) is 3.20. The largest absolute Gasteiger partial charge is 0.465 e. The Hall–Kier alpha value is -2.59. The monoisotopic (exact) mass is 403 g/mol. The number of esters is 1. The summed E-state index contributed by atoms with van der Waals surface area (Å²) in [5, 5.41) is 0. The first kappa shape index (κ1) is 19.4. The first-order valence-corrected chi connectivity index (χ1v) is 11.0. The van der Waals surface area contributed by atoms with Crippen molar-refractivity contribution >= 4 is 5.97 Å². The normalized spacial score (nSPS) is 24.3. The first-order valence-electron chi connectivity index (χ1n) is 11.0. The lowest BCUT2D eigenvalue weighted by Gasteiger charge is -2.27. The van der Waals surface area contributed by atoms with Crippen molar-refractivity contribution in [1.29, 1.82) is 0 Å². The number of para-hydroxylation sites is 2. The van der Waals surface area contributed by atoms with Gasteiger partial charge in [0.1, 0.15) is 17.4 Å². The van der Waals surface area contributed by atoms with E-state index >= 15 is 0 Å². The number of hydrogen-bond donors (Lipinski definition) is 0. The van der Waals surface area contributed by atoms with Gasteiger partial charge in [-0.1, -0.05) is 48.0 Å². The maximum absolute atomic E-state index is 13.2. The van der Waals surface area contributed by atoms with Crippen LogP contribution < -0.4 is 4.74 Å². The molecule has 2 aliphatic heterocycles. The number of benzene rings is 2. The van der Waals surface area contributed by atoms with E-state index in [-0.39, 0.29) is 5.97 Å². The van der Waals surface area contributed by atoms with Crippen molar-refractivity contribution in [2.24, 2.45) is 17.8 Å². The Morgan fingerprint density at radius 3 is 2.23 bits per heavy atom. The third kappa shape index (κ3) is 3.65. The van der Waals surface area contributed by atoms with E-state index in [1.54, 1.807) is 0 Å². The van der Waals surface area contributed by atoms with Gasteiger partial charge in [0.15, 0.2) is 0 Å². The number of carbonyl (C=O) groups excluding carboxylic acids is 1. The lowest BCUT2D eigenvalue weighted by molar-refractivity contribution is -0.145. The van der Waals surface area contributed by atoms with Gasteiger partial charge in [-0.05, 0) is 44.2 Å². The predicted octanol–water partition coefficient (Wildman–Crippen LogP) is 5.00. The third-order valence-electron chi connectivity index (χ3n) is 6.78. The molecule has 0 bridgehead atoms. The summed E-state index contributed by atoms with van der Waals surface area (Å²) >= 11 is 0. The molecule has 0 amide bonds. The molecule has 2 aromatic rings. The standard InChI is InChI=1S/C26H29NO3/c1-17(2)8-7-13-27-14-20-21(15-27)22(20)16-29-26(28)25-18-9-3-5-11-23(18)30-24-12-6-4-10-19(24)25/h3-6,8-12,20-22,25H,7,13-16H2,1-2H3/t20-,21+,22+. The SMILES string of the molecule is CC(C)=CCCN1C[C@@H]2[C@@H](COC(=O)C3c4ccccc4Oc4ccccc43)[C@@H]2C1. The average molecular weight is 404 g/mol. The number of allylic oxidation sites excluding steroid dienone is 1. The zero-order chi connectivity index (χ0) is 20.7.